The third-order valence-corrected chi connectivity index (χ3v) is 3.12. The van der Waals surface area contributed by atoms with Crippen LogP contribution in [0.4, 0.5) is 0 Å². The molecule has 0 fully saturated rings. The monoisotopic (exact) mass is 175 g/mol. The van der Waals surface area contributed by atoms with Crippen LogP contribution in [0.1, 0.15) is 32.0 Å². The number of hydrogen-bond donors (Lipinski definition) is 0. The summed E-state index contributed by atoms with van der Waals surface area (Å²) in [5, 5.41) is 0. The van der Waals surface area contributed by atoms with E-state index in [9.17, 15) is 0 Å². The minimum absolute atomic E-state index is 0.417. The lowest BCUT2D eigenvalue weighted by Gasteiger charge is -2.26. The van der Waals surface area contributed by atoms with Gasteiger partial charge in [-0.15, -0.1) is 0 Å². The Morgan fingerprint density at radius 1 is 1.31 bits per heavy atom. The van der Waals surface area contributed by atoms with E-state index in [2.05, 4.69) is 31.8 Å². The van der Waals surface area contributed by atoms with E-state index in [1.54, 1.807) is 0 Å². The molecule has 1 aliphatic rings. The molecule has 0 bridgehead atoms. The van der Waals surface area contributed by atoms with Crippen LogP contribution in [0.25, 0.3) is 0 Å². The van der Waals surface area contributed by atoms with Gasteiger partial charge in [-0.25, -0.2) is 0 Å². The van der Waals surface area contributed by atoms with Crippen molar-refractivity contribution in [1.82, 2.24) is 4.98 Å². The van der Waals surface area contributed by atoms with Gasteiger partial charge in [0.2, 0.25) is 0 Å². The molecule has 0 spiro atoms. The summed E-state index contributed by atoms with van der Waals surface area (Å²) in [4.78, 5) is 4.42. The van der Waals surface area contributed by atoms with Crippen LogP contribution in [0.2, 0.25) is 0 Å². The normalized spacial score (nSPS) is 21.6. The Hall–Kier alpha value is -0.850. The van der Waals surface area contributed by atoms with Gasteiger partial charge in [0.15, 0.2) is 0 Å². The highest BCUT2D eigenvalue weighted by atomic mass is 14.7. The Morgan fingerprint density at radius 2 is 2.08 bits per heavy atom. The molecule has 0 radical (unpaired) electrons. The minimum atomic E-state index is 0.417. The van der Waals surface area contributed by atoms with Gasteiger partial charge in [-0.3, -0.25) is 4.98 Å². The molecule has 1 heterocycles. The van der Waals surface area contributed by atoms with E-state index >= 15 is 0 Å². The molecular weight excluding hydrogens is 158 g/mol. The number of hydrogen-bond acceptors (Lipinski definition) is 1. The Balaban J connectivity index is 2.23. The van der Waals surface area contributed by atoms with Crippen LogP contribution in [0.5, 0.6) is 0 Å². The zero-order valence-corrected chi connectivity index (χ0v) is 8.67. The minimum Gasteiger partial charge on any atom is -0.261 e. The second-order valence-corrected chi connectivity index (χ2v) is 5.08. The van der Waals surface area contributed by atoms with E-state index < -0.39 is 0 Å². The van der Waals surface area contributed by atoms with Gasteiger partial charge < -0.3 is 0 Å². The second-order valence-electron chi connectivity index (χ2n) is 5.08. The summed E-state index contributed by atoms with van der Waals surface area (Å²) in [6.45, 7) is 6.97. The average Bonchev–Trinajstić information content (AvgIpc) is 2.45. The number of aromatic nitrogens is 1. The Labute approximate surface area is 80.2 Å². The van der Waals surface area contributed by atoms with Crippen LogP contribution < -0.4 is 0 Å². The maximum Gasteiger partial charge on any atom is 0.0438 e. The molecule has 70 valence electrons. The SMILES string of the molecule is CC(C)(C)[C@@H]1Cc2cccnc2C1. The summed E-state index contributed by atoms with van der Waals surface area (Å²) in [7, 11) is 0. The molecule has 13 heavy (non-hydrogen) atoms. The number of rotatable bonds is 0. The topological polar surface area (TPSA) is 12.9 Å². The first-order valence-electron chi connectivity index (χ1n) is 5.00. The fraction of sp³-hybridized carbons (Fsp3) is 0.583. The smallest absolute Gasteiger partial charge is 0.0438 e. The van der Waals surface area contributed by atoms with Crippen molar-refractivity contribution in [2.75, 3.05) is 0 Å². The van der Waals surface area contributed by atoms with Crippen LogP contribution in [0.3, 0.4) is 0 Å². The molecule has 1 atom stereocenters. The van der Waals surface area contributed by atoms with Gasteiger partial charge in [0.1, 0.15) is 0 Å². The fourth-order valence-corrected chi connectivity index (χ4v) is 2.02. The highest BCUT2D eigenvalue weighted by molar-refractivity contribution is 5.26. The standard InChI is InChI=1S/C12H17N/c1-12(2,3)10-7-9-5-4-6-13-11(9)8-10/h4-6,10H,7-8H2,1-3H3/t10-/m1/s1. The van der Waals surface area contributed by atoms with Crippen molar-refractivity contribution in [2.24, 2.45) is 11.3 Å². The summed E-state index contributed by atoms with van der Waals surface area (Å²) in [5.74, 6) is 0.775. The summed E-state index contributed by atoms with van der Waals surface area (Å²) < 4.78 is 0. The molecule has 0 saturated heterocycles. The Morgan fingerprint density at radius 3 is 2.69 bits per heavy atom. The molecule has 0 saturated carbocycles. The van der Waals surface area contributed by atoms with E-state index in [4.69, 9.17) is 0 Å². The largest absolute Gasteiger partial charge is 0.261 e. The van der Waals surface area contributed by atoms with Gasteiger partial charge in [-0.1, -0.05) is 26.8 Å². The van der Waals surface area contributed by atoms with Gasteiger partial charge in [0, 0.05) is 11.9 Å². The first kappa shape index (κ1) is 8.74. The molecule has 1 nitrogen and oxygen atoms in total. The van der Waals surface area contributed by atoms with Crippen LogP contribution in [0, 0.1) is 11.3 Å². The molecule has 1 aromatic rings. The fourth-order valence-electron chi connectivity index (χ4n) is 2.02. The molecule has 0 aliphatic heterocycles. The van der Waals surface area contributed by atoms with Gasteiger partial charge in [-0.05, 0) is 35.8 Å². The average molecular weight is 175 g/mol. The maximum atomic E-state index is 4.42. The van der Waals surface area contributed by atoms with Crippen molar-refractivity contribution < 1.29 is 0 Å². The van der Waals surface area contributed by atoms with E-state index in [-0.39, 0.29) is 0 Å². The third kappa shape index (κ3) is 1.60. The summed E-state index contributed by atoms with van der Waals surface area (Å²) in [6.07, 6.45) is 4.29. The van der Waals surface area contributed by atoms with Gasteiger partial charge >= 0.3 is 0 Å². The summed E-state index contributed by atoms with van der Waals surface area (Å²) in [6, 6.07) is 4.26. The van der Waals surface area contributed by atoms with Crippen LogP contribution in [0.15, 0.2) is 18.3 Å². The molecular formula is C12H17N. The van der Waals surface area contributed by atoms with E-state index in [0.717, 1.165) is 5.92 Å². The first-order chi connectivity index (χ1) is 6.07. The molecule has 1 heteroatoms. The lowest BCUT2D eigenvalue weighted by Crippen LogP contribution is -2.20. The number of nitrogens with zero attached hydrogens (tertiary/aromatic N) is 1. The molecule has 1 aliphatic carbocycles. The van der Waals surface area contributed by atoms with Crippen LogP contribution >= 0.6 is 0 Å². The predicted molar refractivity (Wildman–Crippen MR) is 54.6 cm³/mol. The quantitative estimate of drug-likeness (QED) is 0.591. The number of fused-ring (bicyclic) bond motifs is 1. The lowest BCUT2D eigenvalue weighted by atomic mass is 9.79. The Bertz CT molecular complexity index is 284. The molecule has 2 rings (SSSR count). The zero-order valence-electron chi connectivity index (χ0n) is 8.67. The molecule has 0 aromatic carbocycles. The van der Waals surface area contributed by atoms with Crippen molar-refractivity contribution >= 4 is 0 Å². The summed E-state index contributed by atoms with van der Waals surface area (Å²) >= 11 is 0. The van der Waals surface area contributed by atoms with Gasteiger partial charge in [-0.2, -0.15) is 0 Å². The van der Waals surface area contributed by atoms with Gasteiger partial charge in [0.25, 0.3) is 0 Å². The van der Waals surface area contributed by atoms with E-state index in [0.29, 0.717) is 5.41 Å². The predicted octanol–water partition coefficient (Wildman–Crippen LogP) is 2.84. The summed E-state index contributed by atoms with van der Waals surface area (Å²) in [5.41, 5.74) is 3.20. The highest BCUT2D eigenvalue weighted by Crippen LogP contribution is 2.37. The Kier molecular flexibility index (Phi) is 1.90. The van der Waals surface area contributed by atoms with Gasteiger partial charge in [0.05, 0.1) is 0 Å². The first-order valence-corrected chi connectivity index (χ1v) is 5.00. The second kappa shape index (κ2) is 2.83. The molecule has 1 aromatic heterocycles. The number of pyridine rings is 1. The lowest BCUT2D eigenvalue weighted by molar-refractivity contribution is 0.250. The van der Waals surface area contributed by atoms with Crippen LogP contribution in [-0.2, 0) is 12.8 Å². The zero-order chi connectivity index (χ0) is 9.47. The van der Waals surface area contributed by atoms with Crippen molar-refractivity contribution in [3.63, 3.8) is 0 Å². The van der Waals surface area contributed by atoms with Crippen molar-refractivity contribution in [2.45, 2.75) is 33.6 Å². The third-order valence-electron chi connectivity index (χ3n) is 3.12. The molecule has 0 amide bonds. The van der Waals surface area contributed by atoms with Crippen molar-refractivity contribution in [3.8, 4) is 0 Å². The van der Waals surface area contributed by atoms with E-state index in [1.807, 2.05) is 12.3 Å². The van der Waals surface area contributed by atoms with E-state index in [1.165, 1.54) is 24.1 Å². The molecule has 0 unspecified atom stereocenters. The molecule has 0 N–H and O–H groups in total. The highest BCUT2D eigenvalue weighted by Gasteiger charge is 2.31. The van der Waals surface area contributed by atoms with Crippen LogP contribution in [-0.4, -0.2) is 4.98 Å². The van der Waals surface area contributed by atoms with Crippen molar-refractivity contribution in [3.05, 3.63) is 29.6 Å². The van der Waals surface area contributed by atoms with Crippen molar-refractivity contribution in [1.29, 1.82) is 0 Å². The maximum absolute atomic E-state index is 4.42.